The van der Waals surface area contributed by atoms with Crippen LogP contribution in [0.15, 0.2) is 85.0 Å². The van der Waals surface area contributed by atoms with Crippen LogP contribution in [-0.2, 0) is 11.3 Å². The molecule has 9 nitrogen and oxygen atoms in total. The van der Waals surface area contributed by atoms with Gasteiger partial charge in [-0.1, -0.05) is 30.9 Å². The smallest absolute Gasteiger partial charge is 0.416 e. The molecule has 0 saturated carbocycles. The van der Waals surface area contributed by atoms with Crippen molar-refractivity contribution in [3.63, 3.8) is 0 Å². The third-order valence-electron chi connectivity index (χ3n) is 5.25. The number of methoxy groups -OCH3 is 1. The number of anilines is 1. The standard InChI is InChI=1S/C26H22N4O5S/c1-3-13-35-26(31)29(24-17-36-25(28-24)18-9-11-27-12-10-18)16-21-8-7-20(15-23(21)30(32)33)19-5-4-6-22(14-19)34-2/h3-12,14-15,17H,1,13,16H2,2H3. The number of thiazole rings is 1. The summed E-state index contributed by atoms with van der Waals surface area (Å²) in [6.45, 7) is 3.45. The van der Waals surface area contributed by atoms with Crippen LogP contribution in [0.1, 0.15) is 5.56 Å². The van der Waals surface area contributed by atoms with Gasteiger partial charge in [0.25, 0.3) is 5.69 Å². The highest BCUT2D eigenvalue weighted by Crippen LogP contribution is 2.33. The zero-order valence-electron chi connectivity index (χ0n) is 19.4. The van der Waals surface area contributed by atoms with Gasteiger partial charge in [0.1, 0.15) is 23.2 Å². The van der Waals surface area contributed by atoms with Gasteiger partial charge in [-0.15, -0.1) is 11.3 Å². The number of hydrogen-bond donors (Lipinski definition) is 0. The van der Waals surface area contributed by atoms with Gasteiger partial charge < -0.3 is 9.47 Å². The van der Waals surface area contributed by atoms with Crippen molar-refractivity contribution < 1.29 is 19.2 Å². The number of rotatable bonds is 9. The predicted octanol–water partition coefficient (Wildman–Crippen LogP) is 6.12. The molecule has 0 saturated heterocycles. The first kappa shape index (κ1) is 24.6. The van der Waals surface area contributed by atoms with Crippen LogP contribution in [0.5, 0.6) is 5.75 Å². The Morgan fingerprint density at radius 1 is 1.14 bits per heavy atom. The van der Waals surface area contributed by atoms with Crippen LogP contribution in [0.25, 0.3) is 21.7 Å². The van der Waals surface area contributed by atoms with Crippen molar-refractivity contribution in [1.82, 2.24) is 9.97 Å². The Bertz CT molecular complexity index is 1390. The van der Waals surface area contributed by atoms with Crippen LogP contribution in [0.3, 0.4) is 0 Å². The molecule has 0 N–H and O–H groups in total. The van der Waals surface area contributed by atoms with Crippen molar-refractivity contribution in [1.29, 1.82) is 0 Å². The van der Waals surface area contributed by atoms with Gasteiger partial charge in [-0.05, 0) is 41.5 Å². The summed E-state index contributed by atoms with van der Waals surface area (Å²) in [6.07, 6.45) is 4.07. The maximum Gasteiger partial charge on any atom is 0.416 e. The summed E-state index contributed by atoms with van der Waals surface area (Å²) in [6, 6.07) is 15.8. The average molecular weight is 503 g/mol. The molecule has 0 aliphatic heterocycles. The maximum absolute atomic E-state index is 12.9. The van der Waals surface area contributed by atoms with Crippen molar-refractivity contribution >= 4 is 28.9 Å². The number of aromatic nitrogens is 2. The molecule has 2 aromatic heterocycles. The van der Waals surface area contributed by atoms with E-state index in [-0.39, 0.29) is 18.8 Å². The van der Waals surface area contributed by atoms with Crippen LogP contribution in [0, 0.1) is 10.1 Å². The summed E-state index contributed by atoms with van der Waals surface area (Å²) < 4.78 is 10.5. The lowest BCUT2D eigenvalue weighted by Crippen LogP contribution is -2.31. The van der Waals surface area contributed by atoms with Crippen molar-refractivity contribution in [2.24, 2.45) is 0 Å². The Hall–Kier alpha value is -4.57. The topological polar surface area (TPSA) is 108 Å². The van der Waals surface area contributed by atoms with Crippen LogP contribution in [0.4, 0.5) is 16.3 Å². The van der Waals surface area contributed by atoms with Crippen LogP contribution in [-0.4, -0.2) is 34.7 Å². The number of pyridine rings is 1. The van der Waals surface area contributed by atoms with E-state index >= 15 is 0 Å². The molecule has 10 heteroatoms. The third kappa shape index (κ3) is 5.56. The minimum Gasteiger partial charge on any atom is -0.497 e. The molecule has 0 bridgehead atoms. The van der Waals surface area contributed by atoms with E-state index in [2.05, 4.69) is 16.5 Å². The van der Waals surface area contributed by atoms with E-state index in [1.165, 1.54) is 28.4 Å². The zero-order valence-corrected chi connectivity index (χ0v) is 20.2. The van der Waals surface area contributed by atoms with Gasteiger partial charge in [-0.2, -0.15) is 0 Å². The highest BCUT2D eigenvalue weighted by Gasteiger charge is 2.25. The minimum absolute atomic E-state index is 0.00640. The highest BCUT2D eigenvalue weighted by atomic mass is 32.1. The molecule has 1 amide bonds. The Balaban J connectivity index is 1.69. The minimum atomic E-state index is -0.687. The molecule has 0 unspecified atom stereocenters. The van der Waals surface area contributed by atoms with E-state index in [4.69, 9.17) is 9.47 Å². The fourth-order valence-corrected chi connectivity index (χ4v) is 4.30. The Morgan fingerprint density at radius 3 is 2.64 bits per heavy atom. The molecule has 0 radical (unpaired) electrons. The maximum atomic E-state index is 12.9. The first-order valence-electron chi connectivity index (χ1n) is 10.8. The number of nitro benzene ring substituents is 1. The van der Waals surface area contributed by atoms with Gasteiger partial charge in [0.2, 0.25) is 0 Å². The Kier molecular flexibility index (Phi) is 7.66. The number of carbonyl (C=O) groups excluding carboxylic acids is 1. The molecule has 2 aromatic carbocycles. The second-order valence-electron chi connectivity index (χ2n) is 7.53. The SMILES string of the molecule is C=CCOC(=O)N(Cc1ccc(-c2cccc(OC)c2)cc1[N+](=O)[O-])c1csc(-c2ccncc2)n1. The van der Waals surface area contributed by atoms with Crippen LogP contribution >= 0.6 is 11.3 Å². The summed E-state index contributed by atoms with van der Waals surface area (Å²) in [5.74, 6) is 0.968. The normalized spacial score (nSPS) is 10.5. The number of carbonyl (C=O) groups is 1. The zero-order chi connectivity index (χ0) is 25.5. The molecule has 0 aliphatic carbocycles. The first-order valence-corrected chi connectivity index (χ1v) is 11.7. The van der Waals surface area contributed by atoms with Crippen molar-refractivity contribution in [2.45, 2.75) is 6.54 Å². The molecule has 36 heavy (non-hydrogen) atoms. The van der Waals surface area contributed by atoms with E-state index in [1.54, 1.807) is 49.1 Å². The molecule has 2 heterocycles. The Labute approximate surface area is 211 Å². The third-order valence-corrected chi connectivity index (χ3v) is 6.13. The van der Waals surface area contributed by atoms with Gasteiger partial charge in [-0.3, -0.25) is 20.0 Å². The second kappa shape index (κ2) is 11.2. The second-order valence-corrected chi connectivity index (χ2v) is 8.39. The molecule has 0 spiro atoms. The summed E-state index contributed by atoms with van der Waals surface area (Å²) in [5, 5.41) is 14.4. The van der Waals surface area contributed by atoms with Crippen molar-refractivity contribution in [3.8, 4) is 27.4 Å². The molecule has 0 aliphatic rings. The summed E-state index contributed by atoms with van der Waals surface area (Å²) in [7, 11) is 1.56. The first-order chi connectivity index (χ1) is 17.5. The fraction of sp³-hybridized carbons (Fsp3) is 0.115. The van der Waals surface area contributed by atoms with Crippen molar-refractivity contribution in [3.05, 3.63) is 101 Å². The largest absolute Gasteiger partial charge is 0.497 e. The van der Waals surface area contributed by atoms with Gasteiger partial charge >= 0.3 is 6.09 Å². The lowest BCUT2D eigenvalue weighted by Gasteiger charge is -2.20. The van der Waals surface area contributed by atoms with E-state index in [1.807, 2.05) is 24.3 Å². The summed E-state index contributed by atoms with van der Waals surface area (Å²) in [5.41, 5.74) is 2.47. The van der Waals surface area contributed by atoms with E-state index in [0.29, 0.717) is 27.7 Å². The van der Waals surface area contributed by atoms with E-state index in [0.717, 1.165) is 11.1 Å². The lowest BCUT2D eigenvalue weighted by atomic mass is 10.0. The molecular weight excluding hydrogens is 480 g/mol. The Morgan fingerprint density at radius 2 is 1.92 bits per heavy atom. The average Bonchev–Trinajstić information content (AvgIpc) is 3.41. The van der Waals surface area contributed by atoms with Crippen LogP contribution < -0.4 is 9.64 Å². The number of hydrogen-bond acceptors (Lipinski definition) is 8. The number of ether oxygens (including phenoxy) is 2. The van der Waals surface area contributed by atoms with Gasteiger partial charge in [0.05, 0.1) is 18.6 Å². The number of amides is 1. The molecule has 182 valence electrons. The number of nitrogens with zero attached hydrogens (tertiary/aromatic N) is 4. The number of nitro groups is 1. The molecule has 4 aromatic rings. The fourth-order valence-electron chi connectivity index (χ4n) is 3.48. The number of benzene rings is 2. The summed E-state index contributed by atoms with van der Waals surface area (Å²) in [4.78, 5) is 34.3. The predicted molar refractivity (Wildman–Crippen MR) is 138 cm³/mol. The summed E-state index contributed by atoms with van der Waals surface area (Å²) >= 11 is 1.34. The van der Waals surface area contributed by atoms with E-state index < -0.39 is 11.0 Å². The van der Waals surface area contributed by atoms with Gasteiger partial charge in [0, 0.05) is 35.0 Å². The quantitative estimate of drug-likeness (QED) is 0.154. The molecular formula is C26H22N4O5S. The van der Waals surface area contributed by atoms with Crippen LogP contribution in [0.2, 0.25) is 0 Å². The van der Waals surface area contributed by atoms with E-state index in [9.17, 15) is 14.9 Å². The monoisotopic (exact) mass is 502 g/mol. The van der Waals surface area contributed by atoms with Crippen molar-refractivity contribution in [2.75, 3.05) is 18.6 Å². The highest BCUT2D eigenvalue weighted by molar-refractivity contribution is 7.13. The lowest BCUT2D eigenvalue weighted by molar-refractivity contribution is -0.385. The van der Waals surface area contributed by atoms with Gasteiger partial charge in [-0.25, -0.2) is 9.78 Å². The molecule has 4 rings (SSSR count). The van der Waals surface area contributed by atoms with Gasteiger partial charge in [0.15, 0.2) is 0 Å². The molecule has 0 fully saturated rings. The molecule has 0 atom stereocenters.